The molecule has 2 N–H and O–H groups in total. The lowest BCUT2D eigenvalue weighted by Gasteiger charge is -2.06. The summed E-state index contributed by atoms with van der Waals surface area (Å²) in [4.78, 5) is 29.5. The van der Waals surface area contributed by atoms with Crippen molar-refractivity contribution in [3.63, 3.8) is 0 Å². The van der Waals surface area contributed by atoms with Crippen LogP contribution in [0.5, 0.6) is 0 Å². The third-order valence-electron chi connectivity index (χ3n) is 4.39. The van der Waals surface area contributed by atoms with Crippen molar-refractivity contribution in [3.8, 4) is 0 Å². The fraction of sp³-hybridized carbons (Fsp3) is 0.227. The second-order valence-corrected chi connectivity index (χ2v) is 7.44. The van der Waals surface area contributed by atoms with Gasteiger partial charge in [-0.3, -0.25) is 9.59 Å². The minimum atomic E-state index is -0.370. The SMILES string of the molecule is CCc1ccccc1C(=O)c1cnc(NCCCNC(=O)c2ccc(F)cc2)s1. The number of hydrogen-bond acceptors (Lipinski definition) is 5. The summed E-state index contributed by atoms with van der Waals surface area (Å²) in [5.41, 5.74) is 2.17. The summed E-state index contributed by atoms with van der Waals surface area (Å²) < 4.78 is 12.9. The third-order valence-corrected chi connectivity index (χ3v) is 5.35. The monoisotopic (exact) mass is 411 g/mol. The Morgan fingerprint density at radius 3 is 2.59 bits per heavy atom. The van der Waals surface area contributed by atoms with Gasteiger partial charge in [0.2, 0.25) is 5.78 Å². The molecule has 1 heterocycles. The van der Waals surface area contributed by atoms with E-state index >= 15 is 0 Å². The number of nitrogens with one attached hydrogen (secondary N) is 2. The maximum absolute atomic E-state index is 12.9. The zero-order chi connectivity index (χ0) is 20.6. The van der Waals surface area contributed by atoms with Crippen LogP contribution >= 0.6 is 11.3 Å². The van der Waals surface area contributed by atoms with E-state index in [4.69, 9.17) is 0 Å². The van der Waals surface area contributed by atoms with E-state index in [1.165, 1.54) is 35.6 Å². The fourth-order valence-corrected chi connectivity index (χ4v) is 3.63. The number of halogens is 1. The molecular formula is C22H22FN3O2S. The number of aryl methyl sites for hydroxylation is 1. The summed E-state index contributed by atoms with van der Waals surface area (Å²) in [5, 5.41) is 6.64. The van der Waals surface area contributed by atoms with Gasteiger partial charge in [-0.2, -0.15) is 0 Å². The average Bonchev–Trinajstić information content (AvgIpc) is 3.22. The Hall–Kier alpha value is -3.06. The molecule has 5 nitrogen and oxygen atoms in total. The van der Waals surface area contributed by atoms with E-state index in [0.717, 1.165) is 12.0 Å². The molecule has 0 aliphatic rings. The molecule has 0 radical (unpaired) electrons. The summed E-state index contributed by atoms with van der Waals surface area (Å²) in [6.45, 7) is 3.11. The number of ketones is 1. The van der Waals surface area contributed by atoms with Crippen LogP contribution in [0.1, 0.15) is 44.5 Å². The van der Waals surface area contributed by atoms with Crippen LogP contribution in [0.25, 0.3) is 0 Å². The summed E-state index contributed by atoms with van der Waals surface area (Å²) >= 11 is 1.32. The van der Waals surface area contributed by atoms with Gasteiger partial charge in [0, 0.05) is 24.2 Å². The van der Waals surface area contributed by atoms with Crippen LogP contribution in [0.2, 0.25) is 0 Å². The van der Waals surface area contributed by atoms with Crippen LogP contribution < -0.4 is 10.6 Å². The van der Waals surface area contributed by atoms with Gasteiger partial charge in [0.1, 0.15) is 5.82 Å². The van der Waals surface area contributed by atoms with Crippen LogP contribution in [0.15, 0.2) is 54.7 Å². The number of thiazole rings is 1. The highest BCUT2D eigenvalue weighted by Gasteiger charge is 2.15. The number of carbonyl (C=O) groups excluding carboxylic acids is 2. The van der Waals surface area contributed by atoms with Gasteiger partial charge in [-0.25, -0.2) is 9.37 Å². The van der Waals surface area contributed by atoms with Gasteiger partial charge in [0.15, 0.2) is 5.13 Å². The quantitative estimate of drug-likeness (QED) is 0.407. The first-order valence-electron chi connectivity index (χ1n) is 9.44. The number of anilines is 1. The van der Waals surface area contributed by atoms with Gasteiger partial charge in [0.05, 0.1) is 11.1 Å². The van der Waals surface area contributed by atoms with Crippen LogP contribution in [0, 0.1) is 5.82 Å². The van der Waals surface area contributed by atoms with Crippen molar-refractivity contribution in [2.75, 3.05) is 18.4 Å². The lowest BCUT2D eigenvalue weighted by Crippen LogP contribution is -2.25. The highest BCUT2D eigenvalue weighted by molar-refractivity contribution is 7.17. The van der Waals surface area contributed by atoms with E-state index in [1.54, 1.807) is 6.20 Å². The molecule has 0 aliphatic carbocycles. The van der Waals surface area contributed by atoms with Gasteiger partial charge < -0.3 is 10.6 Å². The van der Waals surface area contributed by atoms with Crippen LogP contribution in [-0.2, 0) is 6.42 Å². The minimum absolute atomic E-state index is 0.0143. The fourth-order valence-electron chi connectivity index (χ4n) is 2.83. The number of carbonyl (C=O) groups is 2. The predicted octanol–water partition coefficient (Wildman–Crippen LogP) is 4.31. The molecule has 7 heteroatoms. The summed E-state index contributed by atoms with van der Waals surface area (Å²) in [7, 11) is 0. The molecule has 0 aliphatic heterocycles. The van der Waals surface area contributed by atoms with Gasteiger partial charge in [0.25, 0.3) is 5.91 Å². The standard InChI is InChI=1S/C22H22FN3O2S/c1-2-15-6-3-4-7-18(15)20(27)19-14-26-22(29-19)25-13-5-12-24-21(28)16-8-10-17(23)11-9-16/h3-4,6-11,14H,2,5,12-13H2,1H3,(H,24,28)(H,25,26). The summed E-state index contributed by atoms with van der Waals surface area (Å²) in [5.74, 6) is -0.619. The molecule has 0 atom stereocenters. The highest BCUT2D eigenvalue weighted by Crippen LogP contribution is 2.23. The van der Waals surface area contributed by atoms with Gasteiger partial charge in [-0.05, 0) is 42.7 Å². The maximum atomic E-state index is 12.9. The van der Waals surface area contributed by atoms with Gasteiger partial charge in [-0.15, -0.1) is 0 Å². The number of benzene rings is 2. The normalized spacial score (nSPS) is 10.6. The molecule has 0 bridgehead atoms. The second kappa shape index (κ2) is 9.93. The first-order valence-corrected chi connectivity index (χ1v) is 10.3. The Morgan fingerprint density at radius 1 is 1.07 bits per heavy atom. The number of rotatable bonds is 9. The van der Waals surface area contributed by atoms with E-state index in [1.807, 2.05) is 31.2 Å². The zero-order valence-electron chi connectivity index (χ0n) is 16.1. The minimum Gasteiger partial charge on any atom is -0.361 e. The maximum Gasteiger partial charge on any atom is 0.251 e. The van der Waals surface area contributed by atoms with Crippen molar-refractivity contribution in [2.24, 2.45) is 0 Å². The molecule has 1 aromatic heterocycles. The lowest BCUT2D eigenvalue weighted by atomic mass is 10.0. The Morgan fingerprint density at radius 2 is 1.83 bits per heavy atom. The molecule has 3 rings (SSSR count). The predicted molar refractivity (Wildman–Crippen MR) is 113 cm³/mol. The topological polar surface area (TPSA) is 71.1 Å². The van der Waals surface area contributed by atoms with Crippen LogP contribution in [0.4, 0.5) is 9.52 Å². The average molecular weight is 412 g/mol. The molecule has 1 amide bonds. The van der Waals surface area contributed by atoms with Crippen molar-refractivity contribution < 1.29 is 14.0 Å². The molecular weight excluding hydrogens is 389 g/mol. The Labute approximate surface area is 173 Å². The number of amides is 1. The van der Waals surface area contributed by atoms with E-state index in [0.29, 0.717) is 40.6 Å². The van der Waals surface area contributed by atoms with Crippen molar-refractivity contribution in [2.45, 2.75) is 19.8 Å². The summed E-state index contributed by atoms with van der Waals surface area (Å²) in [6.07, 6.45) is 3.09. The second-order valence-electron chi connectivity index (χ2n) is 6.41. The van der Waals surface area contributed by atoms with Gasteiger partial charge in [-0.1, -0.05) is 42.5 Å². The molecule has 0 saturated carbocycles. The number of nitrogens with zero attached hydrogens (tertiary/aromatic N) is 1. The molecule has 29 heavy (non-hydrogen) atoms. The molecule has 3 aromatic rings. The van der Waals surface area contributed by atoms with Gasteiger partial charge >= 0.3 is 0 Å². The van der Waals surface area contributed by atoms with E-state index in [9.17, 15) is 14.0 Å². The molecule has 0 spiro atoms. The zero-order valence-corrected chi connectivity index (χ0v) is 16.9. The smallest absolute Gasteiger partial charge is 0.251 e. The van der Waals surface area contributed by atoms with E-state index in [-0.39, 0.29) is 17.5 Å². The molecule has 0 unspecified atom stereocenters. The molecule has 2 aromatic carbocycles. The van der Waals surface area contributed by atoms with E-state index < -0.39 is 0 Å². The number of hydrogen-bond donors (Lipinski definition) is 2. The van der Waals surface area contributed by atoms with E-state index in [2.05, 4.69) is 15.6 Å². The lowest BCUT2D eigenvalue weighted by molar-refractivity contribution is 0.0952. The summed E-state index contributed by atoms with van der Waals surface area (Å²) in [6, 6.07) is 13.0. The number of aromatic nitrogens is 1. The molecule has 0 saturated heterocycles. The van der Waals surface area contributed by atoms with Crippen molar-refractivity contribution in [3.05, 3.63) is 82.1 Å². The van der Waals surface area contributed by atoms with Crippen LogP contribution in [-0.4, -0.2) is 29.8 Å². The van der Waals surface area contributed by atoms with Crippen molar-refractivity contribution >= 4 is 28.2 Å². The van der Waals surface area contributed by atoms with Crippen molar-refractivity contribution in [1.82, 2.24) is 10.3 Å². The Kier molecular flexibility index (Phi) is 7.08. The Balaban J connectivity index is 1.45. The first kappa shape index (κ1) is 20.7. The molecule has 0 fully saturated rings. The highest BCUT2D eigenvalue weighted by atomic mass is 32.1. The Bertz CT molecular complexity index is 986. The molecule has 150 valence electrons. The van der Waals surface area contributed by atoms with Crippen molar-refractivity contribution in [1.29, 1.82) is 0 Å². The van der Waals surface area contributed by atoms with Crippen LogP contribution in [0.3, 0.4) is 0 Å². The first-order chi connectivity index (χ1) is 14.1. The largest absolute Gasteiger partial charge is 0.361 e. The third kappa shape index (κ3) is 5.48.